The zero-order valence-corrected chi connectivity index (χ0v) is 11.2. The molecule has 1 aliphatic heterocycles. The third-order valence-electron chi connectivity index (χ3n) is 2.96. The van der Waals surface area contributed by atoms with Crippen LogP contribution >= 0.6 is 0 Å². The fourth-order valence-electron chi connectivity index (χ4n) is 2.07. The van der Waals surface area contributed by atoms with Crippen LogP contribution in [0, 0.1) is 5.92 Å². The fourth-order valence-corrected chi connectivity index (χ4v) is 2.07. The molecule has 0 radical (unpaired) electrons. The molecule has 1 saturated heterocycles. The molecule has 1 heterocycles. The third kappa shape index (κ3) is 4.49. The number of nitrogens with one attached hydrogen (secondary N) is 1. The molecule has 0 bridgehead atoms. The van der Waals surface area contributed by atoms with Crippen molar-refractivity contribution in [2.75, 3.05) is 26.2 Å². The highest BCUT2D eigenvalue weighted by Gasteiger charge is 2.27. The van der Waals surface area contributed by atoms with Crippen molar-refractivity contribution >= 4 is 11.8 Å². The van der Waals surface area contributed by atoms with Crippen molar-refractivity contribution in [1.82, 2.24) is 10.2 Å². The van der Waals surface area contributed by atoms with Crippen molar-refractivity contribution in [1.29, 1.82) is 0 Å². The van der Waals surface area contributed by atoms with E-state index < -0.39 is 0 Å². The van der Waals surface area contributed by atoms with E-state index in [0.29, 0.717) is 19.6 Å². The quantitative estimate of drug-likeness (QED) is 0.706. The van der Waals surface area contributed by atoms with Crippen LogP contribution in [-0.2, 0) is 9.59 Å². The van der Waals surface area contributed by atoms with Crippen LogP contribution in [0.5, 0.6) is 0 Å². The highest BCUT2D eigenvalue weighted by molar-refractivity contribution is 5.89. The van der Waals surface area contributed by atoms with E-state index in [4.69, 9.17) is 5.73 Å². The summed E-state index contributed by atoms with van der Waals surface area (Å²) in [4.78, 5) is 25.5. The Morgan fingerprint density at radius 1 is 1.44 bits per heavy atom. The molecule has 0 aliphatic carbocycles. The number of carbonyl (C=O) groups excluding carboxylic acids is 2. The molecule has 1 fully saturated rings. The van der Waals surface area contributed by atoms with Gasteiger partial charge in [0.1, 0.15) is 0 Å². The minimum absolute atomic E-state index is 0.00586. The molecule has 18 heavy (non-hydrogen) atoms. The van der Waals surface area contributed by atoms with E-state index in [1.807, 2.05) is 13.8 Å². The van der Waals surface area contributed by atoms with Gasteiger partial charge in [-0.3, -0.25) is 9.59 Å². The molecule has 1 rings (SSSR count). The summed E-state index contributed by atoms with van der Waals surface area (Å²) in [5.41, 5.74) is 6.33. The van der Waals surface area contributed by atoms with Gasteiger partial charge in [-0.05, 0) is 26.7 Å². The monoisotopic (exact) mass is 253 g/mol. The number of rotatable bonds is 4. The minimum atomic E-state index is -0.0974. The fraction of sp³-hybridized carbons (Fsp3) is 0.692. The van der Waals surface area contributed by atoms with Crippen LogP contribution in [0.4, 0.5) is 0 Å². The molecule has 5 heteroatoms. The van der Waals surface area contributed by atoms with Crippen molar-refractivity contribution in [2.45, 2.75) is 26.7 Å². The van der Waals surface area contributed by atoms with Gasteiger partial charge in [-0.2, -0.15) is 0 Å². The van der Waals surface area contributed by atoms with E-state index in [0.717, 1.165) is 25.0 Å². The molecule has 0 aromatic rings. The molecule has 1 aliphatic rings. The lowest BCUT2D eigenvalue weighted by Crippen LogP contribution is -2.45. The molecule has 5 nitrogen and oxygen atoms in total. The van der Waals surface area contributed by atoms with Gasteiger partial charge in [0, 0.05) is 32.3 Å². The third-order valence-corrected chi connectivity index (χ3v) is 2.96. The summed E-state index contributed by atoms with van der Waals surface area (Å²) in [7, 11) is 0. The van der Waals surface area contributed by atoms with E-state index in [-0.39, 0.29) is 17.7 Å². The molecule has 0 aromatic carbocycles. The van der Waals surface area contributed by atoms with E-state index in [1.165, 1.54) is 0 Å². The van der Waals surface area contributed by atoms with Crippen molar-refractivity contribution in [3.05, 3.63) is 11.6 Å². The van der Waals surface area contributed by atoms with Gasteiger partial charge in [0.05, 0.1) is 5.92 Å². The largest absolute Gasteiger partial charge is 0.355 e. The normalized spacial score (nSPS) is 19.3. The number of amides is 2. The van der Waals surface area contributed by atoms with Crippen LogP contribution in [0.25, 0.3) is 0 Å². The number of likely N-dealkylation sites (tertiary alicyclic amines) is 1. The predicted octanol–water partition coefficient (Wildman–Crippen LogP) is 0.266. The average molecular weight is 253 g/mol. The Balaban J connectivity index is 2.53. The van der Waals surface area contributed by atoms with E-state index >= 15 is 0 Å². The van der Waals surface area contributed by atoms with Gasteiger partial charge in [-0.15, -0.1) is 0 Å². The zero-order chi connectivity index (χ0) is 13.5. The molecule has 1 unspecified atom stereocenters. The average Bonchev–Trinajstić information content (AvgIpc) is 2.35. The molecule has 0 saturated carbocycles. The number of allylic oxidation sites excluding steroid dienone is 1. The Labute approximate surface area is 108 Å². The Bertz CT molecular complexity index is 335. The standard InChI is InChI=1S/C13H23N3O2/c1-10(2)8-12(17)16-7-3-4-11(9-16)13(18)15-6-5-14/h8,11H,3-7,9,14H2,1-2H3,(H,15,18). The summed E-state index contributed by atoms with van der Waals surface area (Å²) in [6.45, 7) is 5.99. The highest BCUT2D eigenvalue weighted by Crippen LogP contribution is 2.17. The van der Waals surface area contributed by atoms with Gasteiger partial charge < -0.3 is 16.0 Å². The second-order valence-electron chi connectivity index (χ2n) is 4.92. The Hall–Kier alpha value is -1.36. The van der Waals surface area contributed by atoms with Gasteiger partial charge in [0.2, 0.25) is 11.8 Å². The second-order valence-corrected chi connectivity index (χ2v) is 4.92. The van der Waals surface area contributed by atoms with E-state index in [1.54, 1.807) is 11.0 Å². The van der Waals surface area contributed by atoms with Crippen molar-refractivity contribution in [3.63, 3.8) is 0 Å². The van der Waals surface area contributed by atoms with Crippen molar-refractivity contribution in [2.24, 2.45) is 11.7 Å². The van der Waals surface area contributed by atoms with E-state index in [9.17, 15) is 9.59 Å². The molecule has 0 spiro atoms. The Morgan fingerprint density at radius 3 is 2.78 bits per heavy atom. The molecular formula is C13H23N3O2. The Morgan fingerprint density at radius 2 is 2.17 bits per heavy atom. The minimum Gasteiger partial charge on any atom is -0.355 e. The maximum atomic E-state index is 11.9. The number of hydrogen-bond donors (Lipinski definition) is 2. The maximum absolute atomic E-state index is 11.9. The first kappa shape index (κ1) is 14.7. The highest BCUT2D eigenvalue weighted by atomic mass is 16.2. The van der Waals surface area contributed by atoms with Gasteiger partial charge >= 0.3 is 0 Å². The lowest BCUT2D eigenvalue weighted by atomic mass is 9.97. The number of nitrogens with two attached hydrogens (primary N) is 1. The molecular weight excluding hydrogens is 230 g/mol. The predicted molar refractivity (Wildman–Crippen MR) is 70.8 cm³/mol. The summed E-state index contributed by atoms with van der Waals surface area (Å²) in [5, 5.41) is 2.78. The molecule has 3 N–H and O–H groups in total. The molecule has 0 aromatic heterocycles. The summed E-state index contributed by atoms with van der Waals surface area (Å²) >= 11 is 0. The van der Waals surface area contributed by atoms with E-state index in [2.05, 4.69) is 5.32 Å². The number of piperidine rings is 1. The lowest BCUT2D eigenvalue weighted by molar-refractivity contribution is -0.132. The Kier molecular flexibility index (Phi) is 5.85. The van der Waals surface area contributed by atoms with Crippen LogP contribution in [0.1, 0.15) is 26.7 Å². The summed E-state index contributed by atoms with van der Waals surface area (Å²) in [6, 6.07) is 0. The first-order valence-electron chi connectivity index (χ1n) is 6.46. The second kappa shape index (κ2) is 7.16. The van der Waals surface area contributed by atoms with Crippen molar-refractivity contribution in [3.8, 4) is 0 Å². The first-order chi connectivity index (χ1) is 8.54. The first-order valence-corrected chi connectivity index (χ1v) is 6.46. The van der Waals surface area contributed by atoms with Crippen molar-refractivity contribution < 1.29 is 9.59 Å². The molecule has 1 atom stereocenters. The smallest absolute Gasteiger partial charge is 0.246 e. The number of hydrogen-bond acceptors (Lipinski definition) is 3. The van der Waals surface area contributed by atoms with Crippen LogP contribution < -0.4 is 11.1 Å². The van der Waals surface area contributed by atoms with Gasteiger partial charge in [0.25, 0.3) is 0 Å². The SMILES string of the molecule is CC(C)=CC(=O)N1CCCC(C(=O)NCCN)C1. The van der Waals surface area contributed by atoms with Crippen LogP contribution in [-0.4, -0.2) is 42.9 Å². The summed E-state index contributed by atoms with van der Waals surface area (Å²) in [6.07, 6.45) is 3.35. The topological polar surface area (TPSA) is 75.4 Å². The van der Waals surface area contributed by atoms with Crippen LogP contribution in [0.3, 0.4) is 0 Å². The van der Waals surface area contributed by atoms with Crippen LogP contribution in [0.2, 0.25) is 0 Å². The number of nitrogens with zero attached hydrogens (tertiary/aromatic N) is 1. The van der Waals surface area contributed by atoms with Gasteiger partial charge in [0.15, 0.2) is 0 Å². The summed E-state index contributed by atoms with van der Waals surface area (Å²) < 4.78 is 0. The maximum Gasteiger partial charge on any atom is 0.246 e. The number of carbonyl (C=O) groups is 2. The summed E-state index contributed by atoms with van der Waals surface area (Å²) in [5.74, 6) is -0.0821. The van der Waals surface area contributed by atoms with Crippen LogP contribution in [0.15, 0.2) is 11.6 Å². The molecule has 102 valence electrons. The molecule has 2 amide bonds. The zero-order valence-electron chi connectivity index (χ0n) is 11.2. The lowest BCUT2D eigenvalue weighted by Gasteiger charge is -2.31. The van der Waals surface area contributed by atoms with Gasteiger partial charge in [-0.25, -0.2) is 0 Å². The van der Waals surface area contributed by atoms with Gasteiger partial charge in [-0.1, -0.05) is 5.57 Å².